The zero-order valence-corrected chi connectivity index (χ0v) is 25.6. The summed E-state index contributed by atoms with van der Waals surface area (Å²) in [5.74, 6) is -1.77. The summed E-state index contributed by atoms with van der Waals surface area (Å²) >= 11 is 0. The minimum atomic E-state index is -1.64. The maximum absolute atomic E-state index is 12.8. The number of nitrogens with one attached hydrogen (secondary N) is 5. The lowest BCUT2D eigenvalue weighted by Crippen LogP contribution is -2.63. The van der Waals surface area contributed by atoms with Gasteiger partial charge in [-0.25, -0.2) is 0 Å². The number of anilines is 2. The number of para-hydroxylation sites is 1. The zero-order valence-electron chi connectivity index (χ0n) is 25.6. The van der Waals surface area contributed by atoms with Crippen molar-refractivity contribution in [2.45, 2.75) is 43.5 Å². The van der Waals surface area contributed by atoms with Crippen LogP contribution in [0.2, 0.25) is 0 Å². The van der Waals surface area contributed by atoms with E-state index in [2.05, 4.69) is 26.3 Å². The third-order valence-corrected chi connectivity index (χ3v) is 7.82. The van der Waals surface area contributed by atoms with Crippen LogP contribution in [0.15, 0.2) is 54.9 Å². The van der Waals surface area contributed by atoms with Crippen molar-refractivity contribution in [2.24, 2.45) is 14.1 Å². The molecule has 16 heteroatoms. The highest BCUT2D eigenvalue weighted by atomic mass is 16.6. The highest BCUT2D eigenvalue weighted by Crippen LogP contribution is 2.21. The van der Waals surface area contributed by atoms with Gasteiger partial charge in [0.1, 0.15) is 41.5 Å². The number of aliphatic hydroxyl groups is 4. The number of H-pyrrole nitrogens is 1. The van der Waals surface area contributed by atoms with E-state index in [-0.39, 0.29) is 36.4 Å². The van der Waals surface area contributed by atoms with Gasteiger partial charge < -0.3 is 60.5 Å². The smallest absolute Gasteiger partial charge is 0.272 e. The number of fused-ring (bicyclic) bond motifs is 1. The average Bonchev–Trinajstić information content (AvgIpc) is 3.75. The Kier molecular flexibility index (Phi) is 10.1. The number of aromatic amines is 1. The molecule has 0 saturated carbocycles. The number of nitrogens with zero attached hydrogens (tertiary/aromatic N) is 2. The monoisotopic (exact) mass is 651 g/mol. The fourth-order valence-electron chi connectivity index (χ4n) is 5.30. The molecule has 9 N–H and O–H groups in total. The Morgan fingerprint density at radius 3 is 2.19 bits per heavy atom. The minimum Gasteiger partial charge on any atom is -0.394 e. The molecule has 0 unspecified atom stereocenters. The molecule has 16 nitrogen and oxygen atoms in total. The zero-order chi connectivity index (χ0) is 33.8. The van der Waals surface area contributed by atoms with E-state index in [1.54, 1.807) is 37.0 Å². The number of aryl methyl sites for hydroxylation is 2. The van der Waals surface area contributed by atoms with Gasteiger partial charge in [-0.3, -0.25) is 19.2 Å². The maximum Gasteiger partial charge on any atom is 0.272 e. The molecule has 4 amide bonds. The summed E-state index contributed by atoms with van der Waals surface area (Å²) in [5, 5.41) is 50.9. The van der Waals surface area contributed by atoms with Crippen LogP contribution in [0.4, 0.5) is 11.4 Å². The van der Waals surface area contributed by atoms with Crippen molar-refractivity contribution >= 4 is 45.9 Å². The summed E-state index contributed by atoms with van der Waals surface area (Å²) in [7, 11) is 3.25. The first-order chi connectivity index (χ1) is 22.4. The summed E-state index contributed by atoms with van der Waals surface area (Å²) in [6.45, 7) is -0.434. The Balaban J connectivity index is 1.07. The lowest BCUT2D eigenvalue weighted by Gasteiger charge is -2.40. The molecule has 47 heavy (non-hydrogen) atoms. The van der Waals surface area contributed by atoms with Gasteiger partial charge in [-0.15, -0.1) is 0 Å². The molecule has 250 valence electrons. The van der Waals surface area contributed by atoms with Crippen molar-refractivity contribution in [3.05, 3.63) is 71.9 Å². The van der Waals surface area contributed by atoms with Crippen molar-refractivity contribution < 1.29 is 44.3 Å². The third-order valence-electron chi connectivity index (χ3n) is 7.82. The van der Waals surface area contributed by atoms with Crippen LogP contribution in [0, 0.1) is 0 Å². The summed E-state index contributed by atoms with van der Waals surface area (Å²) < 4.78 is 8.34. The number of carbonyl (C=O) groups is 4. The van der Waals surface area contributed by atoms with E-state index in [4.69, 9.17) is 4.74 Å². The first-order valence-electron chi connectivity index (χ1n) is 14.9. The Morgan fingerprint density at radius 2 is 1.51 bits per heavy atom. The predicted molar refractivity (Wildman–Crippen MR) is 169 cm³/mol. The molecule has 1 saturated heterocycles. The van der Waals surface area contributed by atoms with Crippen LogP contribution in [0.3, 0.4) is 0 Å². The number of hydrogen-bond acceptors (Lipinski definition) is 9. The number of amides is 4. The molecule has 5 atom stereocenters. The third kappa shape index (κ3) is 7.53. The van der Waals surface area contributed by atoms with Crippen LogP contribution in [-0.2, 0) is 23.6 Å². The molecule has 0 bridgehead atoms. The molecule has 1 aliphatic heterocycles. The summed E-state index contributed by atoms with van der Waals surface area (Å²) in [6, 6.07) is 12.2. The Hall–Kier alpha value is -5.00. The van der Waals surface area contributed by atoms with Crippen LogP contribution < -0.4 is 21.3 Å². The topological polar surface area (TPSA) is 232 Å². The Morgan fingerprint density at radius 1 is 0.851 bits per heavy atom. The largest absolute Gasteiger partial charge is 0.394 e. The van der Waals surface area contributed by atoms with Gasteiger partial charge in [-0.05, 0) is 30.7 Å². The lowest BCUT2D eigenvalue weighted by molar-refractivity contribution is -0.233. The van der Waals surface area contributed by atoms with Crippen LogP contribution in [0.5, 0.6) is 0 Å². The van der Waals surface area contributed by atoms with E-state index in [0.717, 1.165) is 10.9 Å². The van der Waals surface area contributed by atoms with E-state index >= 15 is 0 Å². The molecule has 0 radical (unpaired) electrons. The molecule has 0 aliphatic carbocycles. The molecule has 1 fully saturated rings. The van der Waals surface area contributed by atoms with E-state index in [0.29, 0.717) is 29.2 Å². The molecule has 4 aromatic rings. The second-order valence-electron chi connectivity index (χ2n) is 11.3. The van der Waals surface area contributed by atoms with Gasteiger partial charge in [0.05, 0.1) is 18.0 Å². The number of carbonyl (C=O) groups excluding carboxylic acids is 4. The highest BCUT2D eigenvalue weighted by molar-refractivity contribution is 6.06. The summed E-state index contributed by atoms with van der Waals surface area (Å²) in [6.07, 6.45) is -3.90. The Bertz CT molecular complexity index is 1740. The van der Waals surface area contributed by atoms with Crippen molar-refractivity contribution in [1.29, 1.82) is 0 Å². The standard InChI is InChI=1S/C31H37N7O9/c1-37-14-18(34-28(44)20-10-16-6-3-4-7-19(16)35-20)12-21(37)29(45)32-9-5-8-24(40)33-17-11-22(38(2)13-17)30(46)36-31-27(43)26(42)25(41)23(15-39)47-31/h3-4,6-7,10-14,23,25-27,31,35,39,41-43H,5,8-9,15H2,1-2H3,(H,32,45)(H,33,40)(H,34,44)(H,36,46)/t23-,25-,26+,27-,31-/m1/s1. The van der Waals surface area contributed by atoms with Crippen LogP contribution in [0.25, 0.3) is 10.9 Å². The number of ether oxygens (including phenoxy) is 1. The van der Waals surface area contributed by atoms with Crippen molar-refractivity contribution in [3.63, 3.8) is 0 Å². The quantitative estimate of drug-likeness (QED) is 0.0974. The first kappa shape index (κ1) is 33.4. The van der Waals surface area contributed by atoms with Gasteiger partial charge in [0.2, 0.25) is 5.91 Å². The average molecular weight is 652 g/mol. The first-order valence-corrected chi connectivity index (χ1v) is 14.9. The highest BCUT2D eigenvalue weighted by Gasteiger charge is 2.44. The number of aliphatic hydroxyl groups excluding tert-OH is 4. The molecule has 0 spiro atoms. The normalized spacial score (nSPS) is 20.9. The summed E-state index contributed by atoms with van der Waals surface area (Å²) in [4.78, 5) is 53.9. The number of benzene rings is 1. The number of aromatic nitrogens is 3. The minimum absolute atomic E-state index is 0.0700. The van der Waals surface area contributed by atoms with Crippen molar-refractivity contribution in [2.75, 3.05) is 23.8 Å². The van der Waals surface area contributed by atoms with E-state index < -0.39 is 43.2 Å². The number of rotatable bonds is 11. The van der Waals surface area contributed by atoms with Gasteiger partial charge in [0, 0.05) is 50.4 Å². The fraction of sp³-hybridized carbons (Fsp3) is 0.355. The van der Waals surface area contributed by atoms with Gasteiger partial charge in [0.15, 0.2) is 6.23 Å². The van der Waals surface area contributed by atoms with Gasteiger partial charge in [-0.2, -0.15) is 0 Å². The van der Waals surface area contributed by atoms with E-state index in [1.165, 1.54) is 16.8 Å². The lowest BCUT2D eigenvalue weighted by atomic mass is 9.98. The number of hydrogen-bond donors (Lipinski definition) is 9. The fourth-order valence-corrected chi connectivity index (χ4v) is 5.30. The SMILES string of the molecule is Cn1cc(NC(=O)c2cc3ccccc3[nH]2)cc1C(=O)NCCCC(=O)Nc1cc(C(=O)N[C@@H]2O[C@H](CO)[C@@H](O)[C@H](O)[C@H]2O)n(C)c1. The molecule has 1 aromatic carbocycles. The Labute approximate surface area is 268 Å². The van der Waals surface area contributed by atoms with Crippen LogP contribution in [0.1, 0.15) is 44.3 Å². The molecule has 1 aliphatic rings. The predicted octanol–water partition coefficient (Wildman–Crippen LogP) is -0.224. The van der Waals surface area contributed by atoms with Gasteiger partial charge in [-0.1, -0.05) is 18.2 Å². The molecular weight excluding hydrogens is 614 g/mol. The van der Waals surface area contributed by atoms with Crippen LogP contribution >= 0.6 is 0 Å². The van der Waals surface area contributed by atoms with Gasteiger partial charge >= 0.3 is 0 Å². The molecular formula is C31H37N7O9. The van der Waals surface area contributed by atoms with Crippen LogP contribution in [-0.4, -0.2) is 102 Å². The van der Waals surface area contributed by atoms with E-state index in [9.17, 15) is 39.6 Å². The molecule has 3 aromatic heterocycles. The maximum atomic E-state index is 12.8. The second-order valence-corrected chi connectivity index (χ2v) is 11.3. The van der Waals surface area contributed by atoms with Gasteiger partial charge in [0.25, 0.3) is 17.7 Å². The van der Waals surface area contributed by atoms with Crippen molar-refractivity contribution in [1.82, 2.24) is 24.8 Å². The summed E-state index contributed by atoms with van der Waals surface area (Å²) in [5.41, 5.74) is 2.42. The second kappa shape index (κ2) is 14.2. The van der Waals surface area contributed by atoms with E-state index in [1.807, 2.05) is 24.3 Å². The molecule has 4 heterocycles. The molecule has 5 rings (SSSR count). The van der Waals surface area contributed by atoms with Crippen molar-refractivity contribution in [3.8, 4) is 0 Å².